The molecule has 0 bridgehead atoms. The molecule has 4 nitrogen and oxygen atoms in total. The second-order valence-corrected chi connectivity index (χ2v) is 4.91. The van der Waals surface area contributed by atoms with Gasteiger partial charge in [-0.3, -0.25) is 16.3 Å². The van der Waals surface area contributed by atoms with E-state index in [1.54, 1.807) is 13.3 Å². The fraction of sp³-hybridized carbons (Fsp3) is 0.312. The minimum absolute atomic E-state index is 0.00606. The maximum Gasteiger partial charge on any atom is 0.126 e. The van der Waals surface area contributed by atoms with Gasteiger partial charge in [0.2, 0.25) is 0 Å². The molecule has 2 rings (SSSR count). The Balaban J connectivity index is 2.35. The monoisotopic (exact) mass is 271 g/mol. The lowest BCUT2D eigenvalue weighted by Crippen LogP contribution is -2.30. The van der Waals surface area contributed by atoms with E-state index in [0.717, 1.165) is 28.9 Å². The lowest BCUT2D eigenvalue weighted by molar-refractivity contribution is 0.395. The van der Waals surface area contributed by atoms with E-state index < -0.39 is 0 Å². The van der Waals surface area contributed by atoms with Crippen molar-refractivity contribution in [2.75, 3.05) is 7.11 Å². The van der Waals surface area contributed by atoms with Crippen LogP contribution in [0.2, 0.25) is 0 Å². The van der Waals surface area contributed by atoms with Gasteiger partial charge < -0.3 is 4.74 Å². The molecule has 0 amide bonds. The molecule has 3 N–H and O–H groups in total. The third-order valence-electron chi connectivity index (χ3n) is 3.65. The minimum Gasteiger partial charge on any atom is -0.496 e. The van der Waals surface area contributed by atoms with Crippen molar-refractivity contribution >= 4 is 0 Å². The van der Waals surface area contributed by atoms with Gasteiger partial charge in [0.05, 0.1) is 13.2 Å². The average Bonchev–Trinajstić information content (AvgIpc) is 2.48. The Kier molecular flexibility index (Phi) is 4.71. The van der Waals surface area contributed by atoms with Crippen molar-refractivity contribution in [2.45, 2.75) is 26.3 Å². The highest BCUT2D eigenvalue weighted by Gasteiger charge is 2.17. The van der Waals surface area contributed by atoms with Gasteiger partial charge in [0.25, 0.3) is 0 Å². The number of pyridine rings is 1. The maximum absolute atomic E-state index is 5.74. The van der Waals surface area contributed by atoms with Crippen LogP contribution >= 0.6 is 0 Å². The summed E-state index contributed by atoms with van der Waals surface area (Å²) in [6.45, 7) is 4.14. The summed E-state index contributed by atoms with van der Waals surface area (Å²) < 4.78 is 5.57. The molecule has 1 atom stereocenters. The van der Waals surface area contributed by atoms with E-state index in [9.17, 15) is 0 Å². The Morgan fingerprint density at radius 1 is 1.30 bits per heavy atom. The largest absolute Gasteiger partial charge is 0.496 e. The molecule has 1 aromatic carbocycles. The predicted octanol–water partition coefficient (Wildman–Crippen LogP) is 2.45. The summed E-state index contributed by atoms with van der Waals surface area (Å²) >= 11 is 0. The number of hydrazine groups is 1. The number of nitrogens with one attached hydrogen (secondary N) is 1. The maximum atomic E-state index is 5.74. The summed E-state index contributed by atoms with van der Waals surface area (Å²) in [6, 6.07) is 8.14. The van der Waals surface area contributed by atoms with Crippen LogP contribution < -0.4 is 16.0 Å². The number of benzene rings is 1. The molecule has 1 heterocycles. The molecule has 0 aliphatic rings. The number of methoxy groups -OCH3 is 1. The Hall–Kier alpha value is -1.91. The fourth-order valence-corrected chi connectivity index (χ4v) is 2.37. The van der Waals surface area contributed by atoms with Gasteiger partial charge in [-0.1, -0.05) is 18.2 Å². The number of nitrogens with zero attached hydrogens (tertiary/aromatic N) is 1. The lowest BCUT2D eigenvalue weighted by Gasteiger charge is -2.21. The van der Waals surface area contributed by atoms with E-state index >= 15 is 0 Å². The molecule has 0 saturated carbocycles. The molecule has 0 aliphatic carbocycles. The smallest absolute Gasteiger partial charge is 0.126 e. The molecule has 20 heavy (non-hydrogen) atoms. The van der Waals surface area contributed by atoms with Gasteiger partial charge in [-0.25, -0.2) is 0 Å². The van der Waals surface area contributed by atoms with Crippen molar-refractivity contribution in [1.82, 2.24) is 10.4 Å². The van der Waals surface area contributed by atoms with Gasteiger partial charge in [-0.2, -0.15) is 0 Å². The van der Waals surface area contributed by atoms with Crippen molar-refractivity contribution in [1.29, 1.82) is 0 Å². The summed E-state index contributed by atoms with van der Waals surface area (Å²) in [5.41, 5.74) is 7.45. The van der Waals surface area contributed by atoms with Crippen LogP contribution in [0.15, 0.2) is 36.7 Å². The molecule has 2 aromatic rings. The molecular weight excluding hydrogens is 250 g/mol. The average molecular weight is 271 g/mol. The van der Waals surface area contributed by atoms with Crippen LogP contribution in [0.5, 0.6) is 5.75 Å². The highest BCUT2D eigenvalue weighted by Crippen LogP contribution is 2.32. The van der Waals surface area contributed by atoms with Crippen molar-refractivity contribution in [2.24, 2.45) is 5.84 Å². The van der Waals surface area contributed by atoms with Crippen LogP contribution in [0.25, 0.3) is 0 Å². The predicted molar refractivity (Wildman–Crippen MR) is 80.5 cm³/mol. The van der Waals surface area contributed by atoms with Crippen LogP contribution in [0.4, 0.5) is 0 Å². The summed E-state index contributed by atoms with van der Waals surface area (Å²) in [5, 5.41) is 0. The van der Waals surface area contributed by atoms with E-state index in [0.29, 0.717) is 0 Å². The highest BCUT2D eigenvalue weighted by molar-refractivity contribution is 5.47. The third-order valence-corrected chi connectivity index (χ3v) is 3.65. The van der Waals surface area contributed by atoms with E-state index in [-0.39, 0.29) is 6.04 Å². The first-order chi connectivity index (χ1) is 9.67. The quantitative estimate of drug-likeness (QED) is 0.648. The van der Waals surface area contributed by atoms with Crippen molar-refractivity contribution < 1.29 is 4.74 Å². The second kappa shape index (κ2) is 6.50. The van der Waals surface area contributed by atoms with Crippen LogP contribution in [-0.2, 0) is 6.42 Å². The van der Waals surface area contributed by atoms with Gasteiger partial charge in [-0.05, 0) is 43.0 Å². The molecule has 0 radical (unpaired) electrons. The molecule has 0 fully saturated rings. The van der Waals surface area contributed by atoms with Crippen molar-refractivity contribution in [3.05, 3.63) is 58.9 Å². The van der Waals surface area contributed by atoms with Crippen molar-refractivity contribution in [3.8, 4) is 5.75 Å². The second-order valence-electron chi connectivity index (χ2n) is 4.91. The molecule has 106 valence electrons. The summed E-state index contributed by atoms with van der Waals surface area (Å²) in [6.07, 6.45) is 4.39. The lowest BCUT2D eigenvalue weighted by atomic mass is 9.95. The van der Waals surface area contributed by atoms with Crippen LogP contribution in [0.1, 0.15) is 28.3 Å². The number of hydrogen-bond donors (Lipinski definition) is 2. The van der Waals surface area contributed by atoms with E-state index in [1.165, 1.54) is 5.56 Å². The minimum atomic E-state index is -0.00606. The Morgan fingerprint density at radius 2 is 2.10 bits per heavy atom. The van der Waals surface area contributed by atoms with E-state index in [1.807, 2.05) is 18.3 Å². The Morgan fingerprint density at radius 3 is 2.70 bits per heavy atom. The highest BCUT2D eigenvalue weighted by atomic mass is 16.5. The number of aryl methyl sites for hydroxylation is 1. The zero-order valence-electron chi connectivity index (χ0n) is 12.2. The van der Waals surface area contributed by atoms with Crippen LogP contribution in [0.3, 0.4) is 0 Å². The molecular formula is C16H21N3O. The van der Waals surface area contributed by atoms with Gasteiger partial charge >= 0.3 is 0 Å². The van der Waals surface area contributed by atoms with E-state index in [4.69, 9.17) is 10.6 Å². The molecule has 1 aromatic heterocycles. The Bertz CT molecular complexity index is 569. The molecule has 0 aliphatic heterocycles. The first-order valence-corrected chi connectivity index (χ1v) is 6.66. The Labute approximate surface area is 120 Å². The zero-order chi connectivity index (χ0) is 14.5. The first-order valence-electron chi connectivity index (χ1n) is 6.66. The third kappa shape index (κ3) is 2.98. The summed E-state index contributed by atoms with van der Waals surface area (Å²) in [4.78, 5) is 4.14. The van der Waals surface area contributed by atoms with Crippen LogP contribution in [-0.4, -0.2) is 12.1 Å². The number of nitrogens with two attached hydrogens (primary N) is 1. The zero-order valence-corrected chi connectivity index (χ0v) is 12.2. The van der Waals surface area contributed by atoms with Gasteiger partial charge in [0, 0.05) is 18.0 Å². The fourth-order valence-electron chi connectivity index (χ4n) is 2.37. The number of hydrogen-bond acceptors (Lipinski definition) is 4. The molecule has 1 unspecified atom stereocenters. The van der Waals surface area contributed by atoms with Crippen LogP contribution in [0, 0.1) is 13.8 Å². The van der Waals surface area contributed by atoms with E-state index in [2.05, 4.69) is 36.4 Å². The van der Waals surface area contributed by atoms with Gasteiger partial charge in [0.15, 0.2) is 0 Å². The van der Waals surface area contributed by atoms with Crippen molar-refractivity contribution in [3.63, 3.8) is 0 Å². The molecule has 0 spiro atoms. The van der Waals surface area contributed by atoms with Gasteiger partial charge in [-0.15, -0.1) is 0 Å². The first kappa shape index (κ1) is 14.5. The summed E-state index contributed by atoms with van der Waals surface area (Å²) in [5.74, 6) is 6.64. The molecule has 0 saturated heterocycles. The topological polar surface area (TPSA) is 60.2 Å². The number of ether oxygens (including phenoxy) is 1. The number of rotatable bonds is 5. The number of aromatic nitrogens is 1. The van der Waals surface area contributed by atoms with Gasteiger partial charge in [0.1, 0.15) is 5.75 Å². The molecule has 4 heteroatoms. The SMILES string of the molecule is COc1c(C(Cc2cccnc2)NN)ccc(C)c1C. The standard InChI is InChI=1S/C16H21N3O/c1-11-6-7-14(16(20-3)12(11)2)15(19-17)9-13-5-4-8-18-10-13/h4-8,10,15,19H,9,17H2,1-3H3. The summed E-state index contributed by atoms with van der Waals surface area (Å²) in [7, 11) is 1.70. The normalized spacial score (nSPS) is 12.2.